The molecule has 0 radical (unpaired) electrons. The van der Waals surface area contributed by atoms with Gasteiger partial charge in [0.15, 0.2) is 23.6 Å². The van der Waals surface area contributed by atoms with Crippen molar-refractivity contribution in [2.45, 2.75) is 29.7 Å². The van der Waals surface area contributed by atoms with Crippen LogP contribution < -0.4 is 11.4 Å². The molecule has 1 saturated carbocycles. The van der Waals surface area contributed by atoms with Crippen molar-refractivity contribution in [2.75, 3.05) is 19.5 Å². The van der Waals surface area contributed by atoms with E-state index in [1.807, 2.05) is 0 Å². The van der Waals surface area contributed by atoms with Crippen LogP contribution in [0.3, 0.4) is 0 Å². The van der Waals surface area contributed by atoms with Gasteiger partial charge in [-0.3, -0.25) is 9.09 Å². The molecule has 3 unspecified atom stereocenters. The lowest BCUT2D eigenvalue weighted by Gasteiger charge is -2.24. The quantitative estimate of drug-likeness (QED) is 0.200. The third-order valence-electron chi connectivity index (χ3n) is 4.56. The number of aliphatic hydroxyl groups is 1. The molecule has 1 aromatic rings. The average Bonchev–Trinajstić information content (AvgIpc) is 2.95. The summed E-state index contributed by atoms with van der Waals surface area (Å²) in [4.78, 5) is 51.3. The predicted molar refractivity (Wildman–Crippen MR) is 96.2 cm³/mol. The monoisotopic (exact) mass is 527 g/mol. The Morgan fingerprint density at radius 1 is 1.25 bits per heavy atom. The highest BCUT2D eigenvalue weighted by Crippen LogP contribution is 2.72. The maximum absolute atomic E-state index is 15.2. The molecule has 1 aromatic heterocycles. The number of anilines is 1. The third kappa shape index (κ3) is 4.48. The largest absolute Gasteiger partial charge is 0.490 e. The van der Waals surface area contributed by atoms with Crippen LogP contribution in [0.2, 0.25) is 0 Å². The van der Waals surface area contributed by atoms with Crippen molar-refractivity contribution in [3.05, 3.63) is 22.7 Å². The summed E-state index contributed by atoms with van der Waals surface area (Å²) in [5.74, 6) is -0.180. The number of halogens is 1. The second kappa shape index (κ2) is 7.99. The van der Waals surface area contributed by atoms with E-state index in [9.17, 15) is 33.4 Å². The fourth-order valence-corrected chi connectivity index (χ4v) is 6.62. The zero-order chi connectivity index (χ0) is 24.3. The first kappa shape index (κ1) is 25.5. The summed E-state index contributed by atoms with van der Waals surface area (Å²) in [7, 11) is -16.1. The van der Waals surface area contributed by atoms with Gasteiger partial charge in [-0.1, -0.05) is 0 Å². The van der Waals surface area contributed by atoms with Crippen molar-refractivity contribution in [3.8, 4) is 0 Å². The molecule has 182 valence electrons. The number of hydrogen-bond donors (Lipinski definition) is 6. The maximum atomic E-state index is 15.2. The SMILES string of the molecule is COC[C@]12O[C@@H](n3ccc(N)nc3=O)[C@H](F)[C@@]1(O)C2OP(=O)(O)OP(=O)(O)OP(=O)(O)O. The highest BCUT2D eigenvalue weighted by atomic mass is 31.3. The van der Waals surface area contributed by atoms with E-state index in [1.165, 1.54) is 0 Å². The van der Waals surface area contributed by atoms with Crippen LogP contribution in [0.5, 0.6) is 0 Å². The summed E-state index contributed by atoms with van der Waals surface area (Å²) < 4.78 is 71.9. The number of nitrogen functional groups attached to an aromatic ring is 1. The van der Waals surface area contributed by atoms with E-state index in [1.54, 1.807) is 0 Å². The number of phosphoric acid groups is 3. The molecule has 1 aliphatic carbocycles. The Morgan fingerprint density at radius 2 is 1.88 bits per heavy atom. The molecule has 0 aromatic carbocycles. The Labute approximate surface area is 176 Å². The minimum absolute atomic E-state index is 0.180. The number of hydrogen-bond acceptors (Lipinski definition) is 12. The Balaban J connectivity index is 1.84. The number of nitrogens with two attached hydrogens (primary N) is 1. The van der Waals surface area contributed by atoms with Crippen LogP contribution in [0.4, 0.5) is 10.2 Å². The number of methoxy groups -OCH3 is 1. The Hall–Kier alpha value is -1.10. The van der Waals surface area contributed by atoms with Gasteiger partial charge in [-0.05, 0) is 6.07 Å². The molecule has 2 fully saturated rings. The Bertz CT molecular complexity index is 1110. The number of rotatable bonds is 9. The van der Waals surface area contributed by atoms with Crippen LogP contribution in [-0.4, -0.2) is 71.4 Å². The van der Waals surface area contributed by atoms with Crippen LogP contribution >= 0.6 is 23.5 Å². The van der Waals surface area contributed by atoms with Gasteiger partial charge in [0.05, 0.1) is 6.61 Å². The third-order valence-corrected chi connectivity index (χ3v) is 8.36. The van der Waals surface area contributed by atoms with E-state index < -0.39 is 65.5 Å². The summed E-state index contributed by atoms with van der Waals surface area (Å²) in [5, 5.41) is 10.8. The van der Waals surface area contributed by atoms with Crippen molar-refractivity contribution < 1.29 is 65.4 Å². The molecule has 7 N–H and O–H groups in total. The van der Waals surface area contributed by atoms with Crippen LogP contribution in [0.15, 0.2) is 17.1 Å². The number of nitrogens with zero attached hydrogens (tertiary/aromatic N) is 2. The summed E-state index contributed by atoms with van der Waals surface area (Å²) in [6, 6.07) is 1.14. The minimum Gasteiger partial charge on any atom is -0.383 e. The molecule has 21 heteroatoms. The van der Waals surface area contributed by atoms with Gasteiger partial charge in [-0.15, -0.1) is 0 Å². The van der Waals surface area contributed by atoms with Crippen LogP contribution in [-0.2, 0) is 36.3 Å². The minimum atomic E-state index is -5.85. The van der Waals surface area contributed by atoms with Gasteiger partial charge < -0.3 is 39.9 Å². The topological polar surface area (TPSA) is 259 Å². The lowest BCUT2D eigenvalue weighted by molar-refractivity contribution is -0.110. The first-order chi connectivity index (χ1) is 14.5. The van der Waals surface area contributed by atoms with Gasteiger partial charge in [0, 0.05) is 13.3 Å². The van der Waals surface area contributed by atoms with Crippen molar-refractivity contribution in [2.24, 2.45) is 0 Å². The number of alkyl halides is 1. The van der Waals surface area contributed by atoms with Gasteiger partial charge >= 0.3 is 29.2 Å². The molecule has 17 nitrogen and oxygen atoms in total. The highest BCUT2D eigenvalue weighted by Gasteiger charge is 2.90. The fourth-order valence-electron chi connectivity index (χ4n) is 3.36. The molecular formula is C11H17FN3O14P3. The molecule has 0 bridgehead atoms. The van der Waals surface area contributed by atoms with Gasteiger partial charge in [-0.2, -0.15) is 13.6 Å². The molecule has 1 aliphatic heterocycles. The summed E-state index contributed by atoms with van der Waals surface area (Å²) >= 11 is 0. The van der Waals surface area contributed by atoms with E-state index in [4.69, 9.17) is 25.0 Å². The maximum Gasteiger partial charge on any atom is 0.490 e. The number of phosphoric ester groups is 1. The molecule has 1 saturated heterocycles. The molecule has 7 atom stereocenters. The highest BCUT2D eigenvalue weighted by molar-refractivity contribution is 7.66. The molecule has 2 heterocycles. The van der Waals surface area contributed by atoms with E-state index in [0.717, 1.165) is 19.4 Å². The van der Waals surface area contributed by atoms with Crippen LogP contribution in [0.25, 0.3) is 0 Å². The van der Waals surface area contributed by atoms with E-state index >= 15 is 4.39 Å². The number of fused-ring (bicyclic) bond motifs is 1. The van der Waals surface area contributed by atoms with E-state index in [0.29, 0.717) is 4.57 Å². The zero-order valence-corrected chi connectivity index (χ0v) is 18.4. The lowest BCUT2D eigenvalue weighted by atomic mass is 10.1. The summed E-state index contributed by atoms with van der Waals surface area (Å²) in [5.41, 5.74) is -0.608. The van der Waals surface area contributed by atoms with Gasteiger partial charge in [-0.25, -0.2) is 22.9 Å². The number of aromatic nitrogens is 2. The Morgan fingerprint density at radius 3 is 2.41 bits per heavy atom. The van der Waals surface area contributed by atoms with Crippen molar-refractivity contribution >= 4 is 29.3 Å². The van der Waals surface area contributed by atoms with Crippen molar-refractivity contribution in [1.29, 1.82) is 0 Å². The first-order valence-corrected chi connectivity index (χ1v) is 12.7. The fraction of sp³-hybridized carbons (Fsp3) is 0.636. The second-order valence-electron chi connectivity index (χ2n) is 6.68. The second-order valence-corrected chi connectivity index (χ2v) is 11.0. The van der Waals surface area contributed by atoms with Crippen LogP contribution in [0, 0.1) is 0 Å². The van der Waals surface area contributed by atoms with Gasteiger partial charge in [0.25, 0.3) is 0 Å². The standard InChI is InChI=1S/C11H17FN3O14P3/c1-25-4-10-8(27-31(21,22)29-32(23,24)28-30(18,19)20)11(10,17)6(12)7(26-10)15-3-2-5(13)14-9(15)16/h2-3,6-8,17H,4H2,1H3,(H,21,22)(H,23,24)(H2,13,14,16)(H2,18,19,20)/t6-,7+,8?,10+,11+/m0/s1. The lowest BCUT2D eigenvalue weighted by Crippen LogP contribution is -2.38. The normalized spacial score (nSPS) is 35.7. The molecule has 0 amide bonds. The smallest absolute Gasteiger partial charge is 0.383 e. The van der Waals surface area contributed by atoms with E-state index in [-0.39, 0.29) is 5.82 Å². The van der Waals surface area contributed by atoms with Gasteiger partial charge in [0.1, 0.15) is 11.9 Å². The summed E-state index contributed by atoms with van der Waals surface area (Å²) in [6.07, 6.45) is -5.31. The molecule has 0 spiro atoms. The zero-order valence-electron chi connectivity index (χ0n) is 15.7. The molecule has 2 aliphatic rings. The number of ether oxygens (including phenoxy) is 2. The first-order valence-electron chi connectivity index (χ1n) is 8.18. The summed E-state index contributed by atoms with van der Waals surface area (Å²) in [6.45, 7) is -0.655. The van der Waals surface area contributed by atoms with Crippen molar-refractivity contribution in [1.82, 2.24) is 9.55 Å². The Kier molecular flexibility index (Phi) is 6.37. The molecule has 3 rings (SSSR count). The molecule has 32 heavy (non-hydrogen) atoms. The predicted octanol–water partition coefficient (Wildman–Crippen LogP) is -1.47. The van der Waals surface area contributed by atoms with Gasteiger partial charge in [0.2, 0.25) is 0 Å². The van der Waals surface area contributed by atoms with E-state index in [2.05, 4.69) is 18.1 Å². The van der Waals surface area contributed by atoms with Crippen molar-refractivity contribution in [3.63, 3.8) is 0 Å². The molecular weight excluding hydrogens is 510 g/mol. The van der Waals surface area contributed by atoms with Crippen LogP contribution in [0.1, 0.15) is 6.23 Å². The average molecular weight is 527 g/mol.